The Morgan fingerprint density at radius 3 is 2.48 bits per heavy atom. The SMILES string of the molecule is Cc1cc(-c2nn(C(C)C)c(C(=O)NCC(C)(C)O)c2C#N)ccc1C#N. The maximum atomic E-state index is 12.7. The number of aryl methyl sites for hydroxylation is 1. The number of benzene rings is 1. The molecule has 0 bridgehead atoms. The highest BCUT2D eigenvalue weighted by atomic mass is 16.3. The first-order chi connectivity index (χ1) is 12.6. The van der Waals surface area contributed by atoms with E-state index < -0.39 is 11.5 Å². The van der Waals surface area contributed by atoms with Crippen LogP contribution in [0.1, 0.15) is 60.9 Å². The molecule has 0 aliphatic heterocycles. The van der Waals surface area contributed by atoms with Crippen LogP contribution in [0.5, 0.6) is 0 Å². The lowest BCUT2D eigenvalue weighted by Crippen LogP contribution is -2.39. The number of hydrogen-bond donors (Lipinski definition) is 2. The standard InChI is InChI=1S/C20H23N5O2/c1-12(2)25-18(19(26)23-11-20(4,5)27)16(10-22)17(24-25)14-6-7-15(9-21)13(3)8-14/h6-8,12,27H,11H2,1-5H3,(H,23,26). The first-order valence-corrected chi connectivity index (χ1v) is 8.63. The van der Waals surface area contributed by atoms with Crippen LogP contribution in [0.25, 0.3) is 11.3 Å². The molecule has 27 heavy (non-hydrogen) atoms. The van der Waals surface area contributed by atoms with Crippen LogP contribution >= 0.6 is 0 Å². The number of carbonyl (C=O) groups is 1. The fourth-order valence-corrected chi connectivity index (χ4v) is 2.65. The lowest BCUT2D eigenvalue weighted by atomic mass is 10.0. The quantitative estimate of drug-likeness (QED) is 0.845. The zero-order chi connectivity index (χ0) is 20.4. The van der Waals surface area contributed by atoms with E-state index in [-0.39, 0.29) is 23.8 Å². The summed E-state index contributed by atoms with van der Waals surface area (Å²) in [7, 11) is 0. The largest absolute Gasteiger partial charge is 0.389 e. The summed E-state index contributed by atoms with van der Waals surface area (Å²) in [5.41, 5.74) is 1.63. The predicted molar refractivity (Wildman–Crippen MR) is 101 cm³/mol. The van der Waals surface area contributed by atoms with Gasteiger partial charge < -0.3 is 10.4 Å². The molecular weight excluding hydrogens is 342 g/mol. The van der Waals surface area contributed by atoms with Crippen LogP contribution in [-0.4, -0.2) is 32.9 Å². The Bertz CT molecular complexity index is 952. The second-order valence-electron chi connectivity index (χ2n) is 7.36. The highest BCUT2D eigenvalue weighted by Gasteiger charge is 2.27. The molecule has 140 valence electrons. The van der Waals surface area contributed by atoms with Crippen LogP contribution in [0.3, 0.4) is 0 Å². The zero-order valence-electron chi connectivity index (χ0n) is 16.2. The summed E-state index contributed by atoms with van der Waals surface area (Å²) in [6.45, 7) is 8.77. The van der Waals surface area contributed by atoms with Gasteiger partial charge in [0.1, 0.15) is 23.0 Å². The maximum absolute atomic E-state index is 12.7. The fourth-order valence-electron chi connectivity index (χ4n) is 2.65. The van der Waals surface area contributed by atoms with Crippen LogP contribution in [0.15, 0.2) is 18.2 Å². The second kappa shape index (κ2) is 7.61. The van der Waals surface area contributed by atoms with Gasteiger partial charge in [-0.1, -0.05) is 6.07 Å². The molecule has 0 spiro atoms. The van der Waals surface area contributed by atoms with Gasteiger partial charge in [0.2, 0.25) is 0 Å². The minimum Gasteiger partial charge on any atom is -0.389 e. The monoisotopic (exact) mass is 365 g/mol. The number of aliphatic hydroxyl groups is 1. The Morgan fingerprint density at radius 2 is 2.00 bits per heavy atom. The molecule has 0 atom stereocenters. The van der Waals surface area contributed by atoms with E-state index in [2.05, 4.69) is 22.6 Å². The molecule has 7 heteroatoms. The van der Waals surface area contributed by atoms with E-state index in [0.29, 0.717) is 16.8 Å². The molecule has 2 rings (SSSR count). The second-order valence-corrected chi connectivity index (χ2v) is 7.36. The summed E-state index contributed by atoms with van der Waals surface area (Å²) in [5, 5.41) is 35.8. The molecule has 1 amide bonds. The molecule has 7 nitrogen and oxygen atoms in total. The number of nitriles is 2. The molecule has 0 saturated carbocycles. The molecule has 1 heterocycles. The summed E-state index contributed by atoms with van der Waals surface area (Å²) in [5.74, 6) is -0.466. The fraction of sp³-hybridized carbons (Fsp3) is 0.400. The minimum atomic E-state index is -1.07. The predicted octanol–water partition coefficient (Wildman–Crippen LogP) is 2.68. The molecule has 0 aliphatic rings. The van der Waals surface area contributed by atoms with Gasteiger partial charge in [0.25, 0.3) is 5.91 Å². The Hall–Kier alpha value is -3.16. The third-order valence-corrected chi connectivity index (χ3v) is 4.03. The van der Waals surface area contributed by atoms with Crippen molar-refractivity contribution in [3.05, 3.63) is 40.6 Å². The Labute approximate surface area is 158 Å². The van der Waals surface area contributed by atoms with Crippen LogP contribution in [0.4, 0.5) is 0 Å². The molecule has 0 fully saturated rings. The average molecular weight is 365 g/mol. The number of amides is 1. The number of hydrogen-bond acceptors (Lipinski definition) is 5. The highest BCUT2D eigenvalue weighted by molar-refractivity contribution is 5.97. The molecule has 0 radical (unpaired) electrons. The lowest BCUT2D eigenvalue weighted by molar-refractivity contribution is 0.0688. The Kier molecular flexibility index (Phi) is 5.68. The third kappa shape index (κ3) is 4.33. The maximum Gasteiger partial charge on any atom is 0.271 e. The van der Waals surface area contributed by atoms with Gasteiger partial charge in [-0.05, 0) is 52.3 Å². The van der Waals surface area contributed by atoms with Gasteiger partial charge in [-0.3, -0.25) is 9.48 Å². The van der Waals surface area contributed by atoms with Crippen molar-refractivity contribution in [1.29, 1.82) is 10.5 Å². The summed E-state index contributed by atoms with van der Waals surface area (Å²) in [6.07, 6.45) is 0. The smallest absolute Gasteiger partial charge is 0.271 e. The normalized spacial score (nSPS) is 11.1. The lowest BCUT2D eigenvalue weighted by Gasteiger charge is -2.18. The van der Waals surface area contributed by atoms with Crippen LogP contribution in [0.2, 0.25) is 0 Å². The van der Waals surface area contributed by atoms with Crippen molar-refractivity contribution >= 4 is 5.91 Å². The van der Waals surface area contributed by atoms with Crippen molar-refractivity contribution in [2.45, 2.75) is 46.3 Å². The van der Waals surface area contributed by atoms with E-state index in [1.165, 1.54) is 4.68 Å². The molecule has 0 saturated heterocycles. The number of nitrogens with one attached hydrogen (secondary N) is 1. The molecule has 0 aliphatic carbocycles. The van der Waals surface area contributed by atoms with Crippen molar-refractivity contribution in [1.82, 2.24) is 15.1 Å². The van der Waals surface area contributed by atoms with E-state index in [9.17, 15) is 15.2 Å². The molecule has 0 unspecified atom stereocenters. The van der Waals surface area contributed by atoms with Gasteiger partial charge >= 0.3 is 0 Å². The molecule has 2 aromatic rings. The van der Waals surface area contributed by atoms with E-state index in [1.807, 2.05) is 20.8 Å². The number of carbonyl (C=O) groups excluding carboxylic acids is 1. The van der Waals surface area contributed by atoms with Gasteiger partial charge in [0.05, 0.1) is 17.2 Å². The van der Waals surface area contributed by atoms with Crippen molar-refractivity contribution in [3.8, 4) is 23.4 Å². The number of rotatable bonds is 5. The zero-order valence-corrected chi connectivity index (χ0v) is 16.2. The Balaban J connectivity index is 2.59. The topological polar surface area (TPSA) is 115 Å². The third-order valence-electron chi connectivity index (χ3n) is 4.03. The molecule has 1 aromatic heterocycles. The molecule has 1 aromatic carbocycles. The molecule has 2 N–H and O–H groups in total. The van der Waals surface area contributed by atoms with Crippen molar-refractivity contribution in [2.24, 2.45) is 0 Å². The van der Waals surface area contributed by atoms with Gasteiger partial charge in [-0.15, -0.1) is 0 Å². The van der Waals surface area contributed by atoms with Gasteiger partial charge in [-0.25, -0.2) is 0 Å². The van der Waals surface area contributed by atoms with Gasteiger partial charge in [-0.2, -0.15) is 15.6 Å². The van der Waals surface area contributed by atoms with Crippen molar-refractivity contribution in [3.63, 3.8) is 0 Å². The first kappa shape index (κ1) is 20.2. The number of aromatic nitrogens is 2. The van der Waals surface area contributed by atoms with Crippen LogP contribution in [0, 0.1) is 29.6 Å². The Morgan fingerprint density at radius 1 is 1.33 bits per heavy atom. The highest BCUT2D eigenvalue weighted by Crippen LogP contribution is 2.28. The van der Waals surface area contributed by atoms with Gasteiger partial charge in [0, 0.05) is 18.2 Å². The molecular formula is C20H23N5O2. The van der Waals surface area contributed by atoms with Crippen LogP contribution in [-0.2, 0) is 0 Å². The summed E-state index contributed by atoms with van der Waals surface area (Å²) in [4.78, 5) is 12.7. The van der Waals surface area contributed by atoms with E-state index in [4.69, 9.17) is 5.26 Å². The first-order valence-electron chi connectivity index (χ1n) is 8.63. The van der Waals surface area contributed by atoms with Gasteiger partial charge in [0.15, 0.2) is 0 Å². The summed E-state index contributed by atoms with van der Waals surface area (Å²) >= 11 is 0. The minimum absolute atomic E-state index is 0.0469. The number of nitrogens with zero attached hydrogens (tertiary/aromatic N) is 4. The van der Waals surface area contributed by atoms with Crippen molar-refractivity contribution in [2.75, 3.05) is 6.54 Å². The van der Waals surface area contributed by atoms with E-state index in [1.54, 1.807) is 32.0 Å². The average Bonchev–Trinajstić information content (AvgIpc) is 2.98. The summed E-state index contributed by atoms with van der Waals surface area (Å²) in [6, 6.07) is 9.23. The van der Waals surface area contributed by atoms with Crippen molar-refractivity contribution < 1.29 is 9.90 Å². The van der Waals surface area contributed by atoms with E-state index in [0.717, 1.165) is 5.56 Å². The van der Waals surface area contributed by atoms with Crippen LogP contribution < -0.4 is 5.32 Å². The van der Waals surface area contributed by atoms with E-state index >= 15 is 0 Å². The summed E-state index contributed by atoms with van der Waals surface area (Å²) < 4.78 is 1.52.